The highest BCUT2D eigenvalue weighted by Crippen LogP contribution is 2.37. The van der Waals surface area contributed by atoms with Crippen molar-refractivity contribution in [1.82, 2.24) is 4.98 Å². The lowest BCUT2D eigenvalue weighted by molar-refractivity contribution is -0.136. The minimum atomic E-state index is -4.57. The summed E-state index contributed by atoms with van der Waals surface area (Å²) in [5.41, 5.74) is 4.95. The molecule has 1 aromatic carbocycles. The number of halogens is 3. The van der Waals surface area contributed by atoms with Gasteiger partial charge >= 0.3 is 6.18 Å². The van der Waals surface area contributed by atoms with Crippen molar-refractivity contribution in [1.29, 1.82) is 0 Å². The standard InChI is InChI=1S/C17H20F3N3O/c1-10-2-3-11(6-7-21)23(10)12-4-5-15-13(8-12)14(17(18,19)20)9-16(24)22-15/h4-5,8-11H,2-3,6-7,21H2,1H3,(H,22,24)/t10-,11-/m1/s1. The van der Waals surface area contributed by atoms with Gasteiger partial charge in [0, 0.05) is 34.7 Å². The lowest BCUT2D eigenvalue weighted by atomic mass is 10.1. The predicted molar refractivity (Wildman–Crippen MR) is 88.2 cm³/mol. The number of hydrogen-bond acceptors (Lipinski definition) is 3. The summed E-state index contributed by atoms with van der Waals surface area (Å²) in [6.45, 7) is 2.61. The molecule has 1 aliphatic heterocycles. The molecule has 0 spiro atoms. The molecule has 0 radical (unpaired) electrons. The second-order valence-electron chi connectivity index (χ2n) is 6.34. The summed E-state index contributed by atoms with van der Waals surface area (Å²) in [6.07, 6.45) is -1.80. The van der Waals surface area contributed by atoms with Gasteiger partial charge in [0.1, 0.15) is 0 Å². The largest absolute Gasteiger partial charge is 0.417 e. The fourth-order valence-electron chi connectivity index (χ4n) is 3.65. The van der Waals surface area contributed by atoms with Crippen molar-refractivity contribution in [2.75, 3.05) is 11.4 Å². The first-order chi connectivity index (χ1) is 11.3. The van der Waals surface area contributed by atoms with E-state index in [0.29, 0.717) is 12.6 Å². The van der Waals surface area contributed by atoms with Crippen LogP contribution < -0.4 is 16.2 Å². The quantitative estimate of drug-likeness (QED) is 0.902. The van der Waals surface area contributed by atoms with Gasteiger partial charge in [0.15, 0.2) is 0 Å². The summed E-state index contributed by atoms with van der Waals surface area (Å²) in [6, 6.07) is 5.95. The predicted octanol–water partition coefficient (Wildman–Crippen LogP) is 3.25. The van der Waals surface area contributed by atoms with E-state index < -0.39 is 17.3 Å². The lowest BCUT2D eigenvalue weighted by Gasteiger charge is -2.31. The number of rotatable bonds is 3. The number of aromatic nitrogens is 1. The summed E-state index contributed by atoms with van der Waals surface area (Å²) in [5, 5.41) is 0.0187. The summed E-state index contributed by atoms with van der Waals surface area (Å²) in [7, 11) is 0. The van der Waals surface area contributed by atoms with Crippen LogP contribution in [0.3, 0.4) is 0 Å². The second kappa shape index (κ2) is 6.12. The van der Waals surface area contributed by atoms with Crippen molar-refractivity contribution in [3.05, 3.63) is 40.2 Å². The molecular weight excluding hydrogens is 319 g/mol. The SMILES string of the molecule is C[C@@H]1CC[C@H](CCN)N1c1ccc2[nH]c(=O)cc(C(F)(F)F)c2c1. The molecule has 2 heterocycles. The topological polar surface area (TPSA) is 62.1 Å². The molecule has 3 rings (SSSR count). The van der Waals surface area contributed by atoms with Gasteiger partial charge < -0.3 is 15.6 Å². The molecule has 4 nitrogen and oxygen atoms in total. The van der Waals surface area contributed by atoms with Gasteiger partial charge in [-0.3, -0.25) is 4.79 Å². The molecule has 2 atom stereocenters. The van der Waals surface area contributed by atoms with Crippen LogP contribution in [0.25, 0.3) is 10.9 Å². The highest BCUT2D eigenvalue weighted by molar-refractivity contribution is 5.86. The molecule has 130 valence electrons. The van der Waals surface area contributed by atoms with Gasteiger partial charge in [-0.25, -0.2) is 0 Å². The molecule has 1 aliphatic rings. The molecule has 0 saturated carbocycles. The van der Waals surface area contributed by atoms with Crippen LogP contribution in [0.2, 0.25) is 0 Å². The first kappa shape index (κ1) is 16.8. The van der Waals surface area contributed by atoms with Crippen molar-refractivity contribution < 1.29 is 13.2 Å². The zero-order valence-electron chi connectivity index (χ0n) is 13.4. The molecule has 24 heavy (non-hydrogen) atoms. The first-order valence-electron chi connectivity index (χ1n) is 8.04. The van der Waals surface area contributed by atoms with Gasteiger partial charge in [-0.1, -0.05) is 0 Å². The Hall–Kier alpha value is -2.02. The molecule has 2 aromatic rings. The third-order valence-corrected chi connectivity index (χ3v) is 4.72. The molecule has 0 bridgehead atoms. The van der Waals surface area contributed by atoms with Gasteiger partial charge in [-0.2, -0.15) is 13.2 Å². The number of benzene rings is 1. The van der Waals surface area contributed by atoms with Gasteiger partial charge in [-0.15, -0.1) is 0 Å². The third kappa shape index (κ3) is 3.00. The highest BCUT2D eigenvalue weighted by Gasteiger charge is 2.34. The summed E-state index contributed by atoms with van der Waals surface area (Å²) < 4.78 is 39.9. The van der Waals surface area contributed by atoms with Gasteiger partial charge in [0.05, 0.1) is 5.56 Å². The number of fused-ring (bicyclic) bond motifs is 1. The molecular formula is C17H20F3N3O. The number of nitrogens with zero attached hydrogens (tertiary/aromatic N) is 1. The summed E-state index contributed by atoms with van der Waals surface area (Å²) in [4.78, 5) is 16.1. The van der Waals surface area contributed by atoms with E-state index in [1.165, 1.54) is 6.07 Å². The van der Waals surface area contributed by atoms with Crippen molar-refractivity contribution in [3.8, 4) is 0 Å². The smallest absolute Gasteiger partial charge is 0.366 e. The normalized spacial score (nSPS) is 21.6. The Bertz CT molecular complexity index is 798. The molecule has 7 heteroatoms. The van der Waals surface area contributed by atoms with Crippen molar-refractivity contribution in [2.24, 2.45) is 5.73 Å². The Morgan fingerprint density at radius 3 is 2.71 bits per heavy atom. The molecule has 1 aromatic heterocycles. The Morgan fingerprint density at radius 1 is 1.29 bits per heavy atom. The van der Waals surface area contributed by atoms with Crippen molar-refractivity contribution in [3.63, 3.8) is 0 Å². The average Bonchev–Trinajstić information content (AvgIpc) is 2.86. The molecule has 0 unspecified atom stereocenters. The molecule has 1 fully saturated rings. The monoisotopic (exact) mass is 339 g/mol. The van der Waals surface area contributed by atoms with Crippen molar-refractivity contribution in [2.45, 2.75) is 44.4 Å². The number of anilines is 1. The van der Waals surface area contributed by atoms with E-state index in [1.807, 2.05) is 0 Å². The van der Waals surface area contributed by atoms with E-state index >= 15 is 0 Å². The van der Waals surface area contributed by atoms with E-state index in [2.05, 4.69) is 16.8 Å². The number of alkyl halides is 3. The minimum Gasteiger partial charge on any atom is -0.366 e. The van der Waals surface area contributed by atoms with Crippen LogP contribution >= 0.6 is 0 Å². The maximum Gasteiger partial charge on any atom is 0.417 e. The summed E-state index contributed by atoms with van der Waals surface area (Å²) in [5.74, 6) is 0. The van der Waals surface area contributed by atoms with E-state index in [9.17, 15) is 18.0 Å². The number of hydrogen-bond donors (Lipinski definition) is 2. The van der Waals surface area contributed by atoms with E-state index in [-0.39, 0.29) is 23.0 Å². The average molecular weight is 339 g/mol. The van der Waals surface area contributed by atoms with E-state index in [4.69, 9.17) is 5.73 Å². The lowest BCUT2D eigenvalue weighted by Crippen LogP contribution is -2.35. The third-order valence-electron chi connectivity index (χ3n) is 4.72. The maximum atomic E-state index is 13.3. The Balaban J connectivity index is 2.14. The van der Waals surface area contributed by atoms with Gasteiger partial charge in [0.2, 0.25) is 5.56 Å². The number of nitrogens with two attached hydrogens (primary N) is 1. The zero-order chi connectivity index (χ0) is 17.5. The Kier molecular flexibility index (Phi) is 4.29. The molecule has 3 N–H and O–H groups in total. The van der Waals surface area contributed by atoms with Gasteiger partial charge in [-0.05, 0) is 50.9 Å². The first-order valence-corrected chi connectivity index (χ1v) is 8.04. The number of nitrogens with one attached hydrogen (secondary N) is 1. The van der Waals surface area contributed by atoms with Crippen LogP contribution in [-0.4, -0.2) is 23.6 Å². The van der Waals surface area contributed by atoms with E-state index in [1.54, 1.807) is 12.1 Å². The Morgan fingerprint density at radius 2 is 2.04 bits per heavy atom. The van der Waals surface area contributed by atoms with Crippen LogP contribution in [0, 0.1) is 0 Å². The Labute approximate surface area is 137 Å². The van der Waals surface area contributed by atoms with Crippen LogP contribution in [0.5, 0.6) is 0 Å². The highest BCUT2D eigenvalue weighted by atomic mass is 19.4. The molecule has 1 saturated heterocycles. The molecule has 0 amide bonds. The number of aromatic amines is 1. The van der Waals surface area contributed by atoms with E-state index in [0.717, 1.165) is 24.9 Å². The van der Waals surface area contributed by atoms with Crippen LogP contribution in [0.4, 0.5) is 18.9 Å². The van der Waals surface area contributed by atoms with Crippen LogP contribution in [0.15, 0.2) is 29.1 Å². The zero-order valence-corrected chi connectivity index (χ0v) is 13.4. The van der Waals surface area contributed by atoms with Crippen LogP contribution in [0.1, 0.15) is 31.7 Å². The van der Waals surface area contributed by atoms with Crippen LogP contribution in [-0.2, 0) is 6.18 Å². The fraction of sp³-hybridized carbons (Fsp3) is 0.471. The second-order valence-corrected chi connectivity index (χ2v) is 6.34. The number of H-pyrrole nitrogens is 1. The van der Waals surface area contributed by atoms with Crippen molar-refractivity contribution >= 4 is 16.6 Å². The number of pyridine rings is 1. The van der Waals surface area contributed by atoms with Gasteiger partial charge in [0.25, 0.3) is 0 Å². The maximum absolute atomic E-state index is 13.3. The minimum absolute atomic E-state index is 0.0187. The fourth-order valence-corrected chi connectivity index (χ4v) is 3.65. The molecule has 0 aliphatic carbocycles. The summed E-state index contributed by atoms with van der Waals surface area (Å²) >= 11 is 0.